The zero-order chi connectivity index (χ0) is 19.3. The van der Waals surface area contributed by atoms with E-state index in [4.69, 9.17) is 25.8 Å². The van der Waals surface area contributed by atoms with Crippen molar-refractivity contribution in [2.24, 2.45) is 5.92 Å². The number of hydrogen-bond donors (Lipinski definition) is 1. The van der Waals surface area contributed by atoms with E-state index in [-0.39, 0.29) is 28.9 Å². The topological polar surface area (TPSA) is 108 Å². The minimum atomic E-state index is -3.05. The van der Waals surface area contributed by atoms with E-state index >= 15 is 0 Å². The minimum absolute atomic E-state index is 0.0180. The van der Waals surface area contributed by atoms with E-state index in [1.54, 1.807) is 0 Å². The van der Waals surface area contributed by atoms with Crippen molar-refractivity contribution in [1.29, 1.82) is 0 Å². The first kappa shape index (κ1) is 20.3. The van der Waals surface area contributed by atoms with Gasteiger partial charge in [-0.3, -0.25) is 9.59 Å². The van der Waals surface area contributed by atoms with Crippen LogP contribution in [0.3, 0.4) is 0 Å². The fraction of sp³-hybridized carbons (Fsp3) is 0.500. The summed E-state index contributed by atoms with van der Waals surface area (Å²) in [6.07, 6.45) is 0.412. The van der Waals surface area contributed by atoms with Gasteiger partial charge in [0.15, 0.2) is 16.4 Å². The largest absolute Gasteiger partial charge is 0.495 e. The van der Waals surface area contributed by atoms with Gasteiger partial charge < -0.3 is 19.5 Å². The molecule has 1 aromatic rings. The highest BCUT2D eigenvalue weighted by atomic mass is 35.5. The first-order valence-corrected chi connectivity index (χ1v) is 10.0. The highest BCUT2D eigenvalue weighted by Crippen LogP contribution is 2.35. The van der Waals surface area contributed by atoms with Crippen LogP contribution >= 0.6 is 11.6 Å². The Morgan fingerprint density at radius 3 is 2.50 bits per heavy atom. The van der Waals surface area contributed by atoms with Crippen LogP contribution in [0.2, 0.25) is 5.02 Å². The predicted molar refractivity (Wildman–Crippen MR) is 95.5 cm³/mol. The van der Waals surface area contributed by atoms with E-state index in [1.807, 2.05) is 0 Å². The van der Waals surface area contributed by atoms with Gasteiger partial charge in [-0.25, -0.2) is 8.42 Å². The number of halogens is 1. The normalized spacial score (nSPS) is 18.2. The molecule has 0 bridgehead atoms. The maximum atomic E-state index is 12.0. The molecule has 8 nitrogen and oxygen atoms in total. The summed E-state index contributed by atoms with van der Waals surface area (Å²) in [6.45, 7) is -0.495. The van der Waals surface area contributed by atoms with Crippen molar-refractivity contribution in [3.05, 3.63) is 17.2 Å². The zero-order valence-corrected chi connectivity index (χ0v) is 16.0. The molecule has 1 fully saturated rings. The number of hydrogen-bond acceptors (Lipinski definition) is 7. The van der Waals surface area contributed by atoms with Crippen LogP contribution in [0.4, 0.5) is 5.69 Å². The van der Waals surface area contributed by atoms with Crippen LogP contribution in [0.5, 0.6) is 11.5 Å². The summed E-state index contributed by atoms with van der Waals surface area (Å²) in [6, 6.07) is 2.98. The molecule has 1 amide bonds. The Hall–Kier alpha value is -2.00. The number of nitrogens with one attached hydrogen (secondary N) is 1. The quantitative estimate of drug-likeness (QED) is 0.687. The van der Waals surface area contributed by atoms with Gasteiger partial charge in [-0.2, -0.15) is 0 Å². The number of rotatable bonds is 7. The average molecular weight is 406 g/mol. The molecule has 0 saturated carbocycles. The first-order chi connectivity index (χ1) is 12.2. The average Bonchev–Trinajstić information content (AvgIpc) is 2.91. The van der Waals surface area contributed by atoms with Gasteiger partial charge >= 0.3 is 5.97 Å². The zero-order valence-electron chi connectivity index (χ0n) is 14.4. The summed E-state index contributed by atoms with van der Waals surface area (Å²) < 4.78 is 37.9. The van der Waals surface area contributed by atoms with Gasteiger partial charge in [0.1, 0.15) is 11.5 Å². The first-order valence-electron chi connectivity index (χ1n) is 7.81. The van der Waals surface area contributed by atoms with E-state index < -0.39 is 28.3 Å². The fourth-order valence-corrected chi connectivity index (χ4v) is 4.72. The molecule has 1 aliphatic rings. The van der Waals surface area contributed by atoms with Crippen molar-refractivity contribution in [1.82, 2.24) is 0 Å². The Morgan fingerprint density at radius 1 is 1.23 bits per heavy atom. The fourth-order valence-electron chi connectivity index (χ4n) is 2.62. The molecular weight excluding hydrogens is 386 g/mol. The van der Waals surface area contributed by atoms with Gasteiger partial charge in [-0.15, -0.1) is 0 Å². The smallest absolute Gasteiger partial charge is 0.306 e. The predicted octanol–water partition coefficient (Wildman–Crippen LogP) is 1.66. The van der Waals surface area contributed by atoms with Gasteiger partial charge in [-0.05, 0) is 18.4 Å². The number of anilines is 1. The van der Waals surface area contributed by atoms with Gasteiger partial charge in [0, 0.05) is 12.5 Å². The SMILES string of the molecule is COc1cc(OC)c(NC(=O)COC(=O)C[C@@H]2CCS(=O)(=O)C2)cc1Cl. The lowest BCUT2D eigenvalue weighted by molar-refractivity contribution is -0.148. The second-order valence-electron chi connectivity index (χ2n) is 5.87. The van der Waals surface area contributed by atoms with E-state index in [1.165, 1.54) is 26.4 Å². The van der Waals surface area contributed by atoms with Crippen molar-refractivity contribution in [3.8, 4) is 11.5 Å². The molecule has 1 saturated heterocycles. The molecular formula is C16H20ClNO7S. The summed E-state index contributed by atoms with van der Waals surface area (Å²) in [5, 5.41) is 2.82. The summed E-state index contributed by atoms with van der Waals surface area (Å²) in [4.78, 5) is 23.7. The number of carbonyl (C=O) groups is 2. The van der Waals surface area contributed by atoms with Crippen molar-refractivity contribution in [3.63, 3.8) is 0 Å². The number of esters is 1. The van der Waals surface area contributed by atoms with Crippen LogP contribution in [-0.2, 0) is 24.2 Å². The van der Waals surface area contributed by atoms with Crippen molar-refractivity contribution >= 4 is 39.0 Å². The van der Waals surface area contributed by atoms with E-state index in [0.717, 1.165) is 0 Å². The Labute approximate surface area is 156 Å². The molecule has 0 aliphatic carbocycles. The summed E-state index contributed by atoms with van der Waals surface area (Å²) in [5.74, 6) is -0.643. The summed E-state index contributed by atoms with van der Waals surface area (Å²) in [7, 11) is -0.177. The van der Waals surface area contributed by atoms with E-state index in [0.29, 0.717) is 23.6 Å². The van der Waals surface area contributed by atoms with Crippen LogP contribution in [0, 0.1) is 5.92 Å². The molecule has 0 aromatic heterocycles. The van der Waals surface area contributed by atoms with Gasteiger partial charge in [0.2, 0.25) is 0 Å². The van der Waals surface area contributed by atoms with E-state index in [9.17, 15) is 18.0 Å². The Morgan fingerprint density at radius 2 is 1.92 bits per heavy atom. The molecule has 1 N–H and O–H groups in total. The Balaban J connectivity index is 1.87. The monoisotopic (exact) mass is 405 g/mol. The molecule has 1 heterocycles. The highest BCUT2D eigenvalue weighted by Gasteiger charge is 2.30. The summed E-state index contributed by atoms with van der Waals surface area (Å²) >= 11 is 6.02. The molecule has 10 heteroatoms. The van der Waals surface area contributed by atoms with Crippen molar-refractivity contribution < 1.29 is 32.2 Å². The molecule has 0 radical (unpaired) electrons. The Bertz CT molecular complexity index is 794. The number of carbonyl (C=O) groups excluding carboxylic acids is 2. The maximum absolute atomic E-state index is 12.0. The molecule has 2 rings (SSSR count). The highest BCUT2D eigenvalue weighted by molar-refractivity contribution is 7.91. The second-order valence-corrected chi connectivity index (χ2v) is 8.51. The third-order valence-electron chi connectivity index (χ3n) is 3.89. The van der Waals surface area contributed by atoms with Crippen molar-refractivity contribution in [2.75, 3.05) is 37.6 Å². The molecule has 1 atom stereocenters. The number of methoxy groups -OCH3 is 2. The molecule has 0 unspecified atom stereocenters. The number of benzene rings is 1. The van der Waals surface area contributed by atoms with Crippen molar-refractivity contribution in [2.45, 2.75) is 12.8 Å². The third-order valence-corrected chi connectivity index (χ3v) is 6.03. The van der Waals surface area contributed by atoms with Crippen LogP contribution in [0.25, 0.3) is 0 Å². The van der Waals surface area contributed by atoms with Gasteiger partial charge in [-0.1, -0.05) is 11.6 Å². The van der Waals surface area contributed by atoms with Crippen LogP contribution in [0.15, 0.2) is 12.1 Å². The Kier molecular flexibility index (Phi) is 6.71. The molecule has 1 aliphatic heterocycles. The molecule has 1 aromatic carbocycles. The number of sulfone groups is 1. The van der Waals surface area contributed by atoms with Gasteiger partial charge in [0.25, 0.3) is 5.91 Å². The summed E-state index contributed by atoms with van der Waals surface area (Å²) in [5.41, 5.74) is 0.307. The lowest BCUT2D eigenvalue weighted by Crippen LogP contribution is -2.22. The standard InChI is InChI=1S/C16H20ClNO7S/c1-23-13-7-14(24-2)12(6-11(13)17)18-15(19)8-25-16(20)5-10-3-4-26(21,22)9-10/h6-7,10H,3-5,8-9H2,1-2H3,(H,18,19)/t10-/m0/s1. The third kappa shape index (κ3) is 5.50. The minimum Gasteiger partial charge on any atom is -0.495 e. The molecule has 26 heavy (non-hydrogen) atoms. The van der Waals surface area contributed by atoms with E-state index in [2.05, 4.69) is 5.32 Å². The molecule has 144 valence electrons. The second kappa shape index (κ2) is 8.59. The maximum Gasteiger partial charge on any atom is 0.306 e. The van der Waals surface area contributed by atoms with Gasteiger partial charge in [0.05, 0.1) is 36.4 Å². The number of ether oxygens (including phenoxy) is 3. The lowest BCUT2D eigenvalue weighted by Gasteiger charge is -2.13. The van der Waals surface area contributed by atoms with Crippen LogP contribution < -0.4 is 14.8 Å². The van der Waals surface area contributed by atoms with Crippen LogP contribution in [0.1, 0.15) is 12.8 Å². The lowest BCUT2D eigenvalue weighted by atomic mass is 10.1. The molecule has 0 spiro atoms. The number of amides is 1. The van der Waals surface area contributed by atoms with Crippen LogP contribution in [-0.4, -0.2) is 52.6 Å².